The standard InChI is InChI=1S/C17H18F2N.C13H16NO.Ir/c1-17(2,3)8-6-12-7-9-20-16(10-12)13-4-5-14(18)15(19)11-13;1-12(2)13(3,4)15-11(14-12)10-8-6-5-7-9-10;/h5,7,9-11H,6,8H2,1-3H3;5-8H,1-4H3;/q2*-1;. The molecule has 1 aliphatic heterocycles. The minimum atomic E-state index is -0.891. The fraction of sp³-hybridized carbons (Fsp3) is 0.400. The number of halogens is 2. The van der Waals surface area contributed by atoms with Gasteiger partial charge in [-0.2, -0.15) is 0 Å². The fourth-order valence-corrected chi connectivity index (χ4v) is 3.31. The molecule has 0 fully saturated rings. The molecule has 0 spiro atoms. The van der Waals surface area contributed by atoms with Crippen LogP contribution >= 0.6 is 0 Å². The van der Waals surface area contributed by atoms with Gasteiger partial charge in [-0.15, -0.1) is 54.1 Å². The molecule has 1 aromatic heterocycles. The molecule has 0 amide bonds. The third-order valence-corrected chi connectivity index (χ3v) is 6.26. The van der Waals surface area contributed by atoms with Crippen LogP contribution in [-0.2, 0) is 31.3 Å². The van der Waals surface area contributed by atoms with Crippen LogP contribution in [0.25, 0.3) is 11.3 Å². The Morgan fingerprint density at radius 2 is 1.67 bits per heavy atom. The molecule has 0 bridgehead atoms. The van der Waals surface area contributed by atoms with E-state index in [-0.39, 0.29) is 36.7 Å². The first-order chi connectivity index (χ1) is 16.3. The fourth-order valence-electron chi connectivity index (χ4n) is 3.31. The number of hydrogen-bond donors (Lipinski definition) is 0. The molecule has 1 radical (unpaired) electrons. The number of aryl methyl sites for hydroxylation is 1. The van der Waals surface area contributed by atoms with Gasteiger partial charge in [0.25, 0.3) is 0 Å². The zero-order valence-electron chi connectivity index (χ0n) is 22.0. The second kappa shape index (κ2) is 11.7. The van der Waals surface area contributed by atoms with E-state index in [1.54, 1.807) is 6.20 Å². The van der Waals surface area contributed by atoms with Gasteiger partial charge in [-0.1, -0.05) is 38.0 Å². The molecule has 0 saturated carbocycles. The van der Waals surface area contributed by atoms with Crippen LogP contribution in [0.5, 0.6) is 0 Å². The molecule has 0 N–H and O–H groups in total. The summed E-state index contributed by atoms with van der Waals surface area (Å²) in [5.74, 6) is -1.07. The van der Waals surface area contributed by atoms with Crippen molar-refractivity contribution in [3.63, 3.8) is 0 Å². The van der Waals surface area contributed by atoms with Crippen LogP contribution in [0.15, 0.2) is 59.7 Å². The van der Waals surface area contributed by atoms with Crippen molar-refractivity contribution in [3.8, 4) is 11.3 Å². The summed E-state index contributed by atoms with van der Waals surface area (Å²) in [5, 5.41) is 0. The Bertz CT molecular complexity index is 1190. The van der Waals surface area contributed by atoms with Crippen molar-refractivity contribution in [2.75, 3.05) is 0 Å². The number of nitrogens with zero attached hydrogens (tertiary/aromatic N) is 2. The van der Waals surface area contributed by atoms with Crippen molar-refractivity contribution in [2.24, 2.45) is 10.4 Å². The maximum atomic E-state index is 13.2. The first kappa shape index (κ1) is 29.8. The SMILES string of the molecule is CC(C)(C)CCc1ccnc(-c2[c-]cc(F)c(F)c2)c1.CC1(C)N=C(c2[c-]cccc2)OC1(C)C.[Ir]. The second-order valence-electron chi connectivity index (χ2n) is 11.0. The van der Waals surface area contributed by atoms with E-state index in [1.165, 1.54) is 0 Å². The van der Waals surface area contributed by atoms with E-state index >= 15 is 0 Å². The molecule has 195 valence electrons. The van der Waals surface area contributed by atoms with E-state index in [9.17, 15) is 8.78 Å². The Balaban J connectivity index is 0.000000256. The zero-order chi connectivity index (χ0) is 25.9. The van der Waals surface area contributed by atoms with E-state index in [1.807, 2.05) is 36.4 Å². The van der Waals surface area contributed by atoms with E-state index in [0.717, 1.165) is 36.1 Å². The van der Waals surface area contributed by atoms with Crippen molar-refractivity contribution < 1.29 is 33.6 Å². The first-order valence-electron chi connectivity index (χ1n) is 11.9. The largest absolute Gasteiger partial charge is 0.512 e. The number of aromatic nitrogens is 1. The Kier molecular flexibility index (Phi) is 9.72. The quantitative estimate of drug-likeness (QED) is 0.268. The summed E-state index contributed by atoms with van der Waals surface area (Å²) in [6.07, 6.45) is 3.68. The zero-order valence-corrected chi connectivity index (χ0v) is 24.4. The summed E-state index contributed by atoms with van der Waals surface area (Å²) in [6.45, 7) is 14.9. The Morgan fingerprint density at radius 3 is 2.22 bits per heavy atom. The topological polar surface area (TPSA) is 34.5 Å². The van der Waals surface area contributed by atoms with Crippen molar-refractivity contribution in [1.82, 2.24) is 4.98 Å². The van der Waals surface area contributed by atoms with E-state index < -0.39 is 11.6 Å². The molecule has 1 aliphatic rings. The summed E-state index contributed by atoms with van der Waals surface area (Å²) in [6, 6.07) is 19.6. The molecule has 0 atom stereocenters. The summed E-state index contributed by atoms with van der Waals surface area (Å²) < 4.78 is 32.0. The predicted molar refractivity (Wildman–Crippen MR) is 137 cm³/mol. The predicted octanol–water partition coefficient (Wildman–Crippen LogP) is 7.62. The van der Waals surface area contributed by atoms with Crippen LogP contribution < -0.4 is 0 Å². The minimum Gasteiger partial charge on any atom is -0.512 e. The summed E-state index contributed by atoms with van der Waals surface area (Å²) in [7, 11) is 0. The number of rotatable bonds is 4. The number of pyridine rings is 1. The maximum absolute atomic E-state index is 13.2. The molecular weight excluding hydrogens is 635 g/mol. The van der Waals surface area contributed by atoms with Gasteiger partial charge < -0.3 is 9.72 Å². The van der Waals surface area contributed by atoms with Crippen LogP contribution in [0.1, 0.15) is 66.0 Å². The van der Waals surface area contributed by atoms with Gasteiger partial charge >= 0.3 is 0 Å². The van der Waals surface area contributed by atoms with Crippen molar-refractivity contribution in [2.45, 2.75) is 72.4 Å². The third-order valence-electron chi connectivity index (χ3n) is 6.26. The van der Waals surface area contributed by atoms with E-state index in [2.05, 4.69) is 70.6 Å². The number of benzene rings is 2. The van der Waals surface area contributed by atoms with Crippen molar-refractivity contribution >= 4 is 5.90 Å². The van der Waals surface area contributed by atoms with Crippen molar-refractivity contribution in [1.29, 1.82) is 0 Å². The molecule has 6 heteroatoms. The van der Waals surface area contributed by atoms with E-state index in [0.29, 0.717) is 17.2 Å². The van der Waals surface area contributed by atoms with Crippen LogP contribution in [0.3, 0.4) is 0 Å². The molecule has 0 aliphatic carbocycles. The average molecular weight is 669 g/mol. The van der Waals surface area contributed by atoms with Crippen LogP contribution in [0, 0.1) is 29.2 Å². The van der Waals surface area contributed by atoms with Crippen molar-refractivity contribution in [3.05, 3.63) is 89.6 Å². The molecule has 0 saturated heterocycles. The normalized spacial score (nSPS) is 15.6. The molecule has 0 unspecified atom stereocenters. The molecule has 2 heterocycles. The van der Waals surface area contributed by atoms with Gasteiger partial charge in [0.05, 0.1) is 17.2 Å². The van der Waals surface area contributed by atoms with Gasteiger partial charge in [-0.05, 0) is 57.7 Å². The molecule has 4 rings (SSSR count). The van der Waals surface area contributed by atoms with Crippen LogP contribution in [-0.4, -0.2) is 22.0 Å². The van der Waals surface area contributed by atoms with Gasteiger partial charge in [0.2, 0.25) is 0 Å². The van der Waals surface area contributed by atoms with Gasteiger partial charge in [0.1, 0.15) is 11.5 Å². The molecule has 3 nitrogen and oxygen atoms in total. The first-order valence-corrected chi connectivity index (χ1v) is 11.9. The second-order valence-corrected chi connectivity index (χ2v) is 11.0. The number of ether oxygens (including phenoxy) is 1. The summed E-state index contributed by atoms with van der Waals surface area (Å²) >= 11 is 0. The smallest absolute Gasteiger partial charge is 0.131 e. The number of hydrogen-bond acceptors (Lipinski definition) is 3. The van der Waals surface area contributed by atoms with Crippen LogP contribution in [0.2, 0.25) is 0 Å². The van der Waals surface area contributed by atoms with Gasteiger partial charge in [-0.25, -0.2) is 4.39 Å². The summed E-state index contributed by atoms with van der Waals surface area (Å²) in [5.41, 5.74) is 2.98. The maximum Gasteiger partial charge on any atom is 0.131 e. The Labute approximate surface area is 227 Å². The van der Waals surface area contributed by atoms with Crippen LogP contribution in [0.4, 0.5) is 8.78 Å². The molecule has 3 aromatic rings. The Morgan fingerprint density at radius 1 is 0.944 bits per heavy atom. The van der Waals surface area contributed by atoms with E-state index in [4.69, 9.17) is 4.74 Å². The molecule has 36 heavy (non-hydrogen) atoms. The Hall–Kier alpha value is -2.43. The monoisotopic (exact) mass is 669 g/mol. The number of aliphatic imine (C=N–C) groups is 1. The molecular formula is C30H34F2IrN2O-2. The summed E-state index contributed by atoms with van der Waals surface area (Å²) in [4.78, 5) is 8.81. The van der Waals surface area contributed by atoms with Gasteiger partial charge in [0.15, 0.2) is 0 Å². The van der Waals surface area contributed by atoms with Gasteiger partial charge in [0, 0.05) is 26.3 Å². The average Bonchev–Trinajstić information content (AvgIpc) is 3.02. The molecule has 2 aromatic carbocycles. The minimum absolute atomic E-state index is 0. The van der Waals surface area contributed by atoms with Gasteiger partial charge in [-0.3, -0.25) is 9.38 Å². The third kappa shape index (κ3) is 7.78.